The van der Waals surface area contributed by atoms with Gasteiger partial charge >= 0.3 is 6.18 Å². The second-order valence-electron chi connectivity index (χ2n) is 7.68. The van der Waals surface area contributed by atoms with Crippen molar-refractivity contribution in [1.29, 1.82) is 0 Å². The summed E-state index contributed by atoms with van der Waals surface area (Å²) in [5.41, 5.74) is 1.55. The van der Waals surface area contributed by atoms with Gasteiger partial charge in [-0.25, -0.2) is 18.8 Å². The van der Waals surface area contributed by atoms with Gasteiger partial charge in [0.05, 0.1) is 0 Å². The van der Waals surface area contributed by atoms with E-state index in [1.165, 1.54) is 44.3 Å². The number of aromatic nitrogens is 1. The van der Waals surface area contributed by atoms with Gasteiger partial charge in [0.1, 0.15) is 29.4 Å². The van der Waals surface area contributed by atoms with Crippen LogP contribution in [0.3, 0.4) is 0 Å². The molecule has 0 radical (unpaired) electrons. The number of benzene rings is 1. The summed E-state index contributed by atoms with van der Waals surface area (Å²) in [5.74, 6) is -1.76. The molecule has 1 aromatic carbocycles. The largest absolute Gasteiger partial charge is 0.482 e. The zero-order valence-electron chi connectivity index (χ0n) is 17.2. The summed E-state index contributed by atoms with van der Waals surface area (Å²) in [7, 11) is 0. The average Bonchev–Trinajstić information content (AvgIpc) is 2.70. The van der Waals surface area contributed by atoms with Crippen molar-refractivity contribution >= 4 is 11.8 Å². The molecule has 2 aromatic rings. The number of halogens is 5. The number of pyridine rings is 1. The molecule has 0 bridgehead atoms. The Hall–Kier alpha value is -3.24. The number of rotatable bonds is 6. The number of nitrogens with two attached hydrogens (primary N) is 1. The molecule has 2 heterocycles. The van der Waals surface area contributed by atoms with Gasteiger partial charge in [0.15, 0.2) is 18.1 Å². The predicted octanol–water partition coefficient (Wildman–Crippen LogP) is 3.88. The monoisotopic (exact) mass is 457 g/mol. The number of Topliss-reactive ketones (excluding diaryl/α,β-unsaturated/α-hetero) is 1. The Balaban J connectivity index is 1.91. The SMILES string of the molecule is C[C@]1(F)COC(N)=N[C@]1(C)c1cc(CC(=O)c2ncccc2OCC(F)(F)F)ccc1F. The number of carbonyl (C=O) groups excluding carboxylic acids is 1. The Morgan fingerprint density at radius 3 is 2.69 bits per heavy atom. The van der Waals surface area contributed by atoms with E-state index in [1.54, 1.807) is 0 Å². The van der Waals surface area contributed by atoms with Crippen LogP contribution in [0.2, 0.25) is 0 Å². The minimum atomic E-state index is -4.59. The van der Waals surface area contributed by atoms with Gasteiger partial charge in [-0.1, -0.05) is 6.07 Å². The van der Waals surface area contributed by atoms with Crippen molar-refractivity contribution in [2.24, 2.45) is 10.7 Å². The zero-order valence-corrected chi connectivity index (χ0v) is 17.2. The Bertz CT molecular complexity index is 1060. The second-order valence-corrected chi connectivity index (χ2v) is 7.68. The molecule has 0 saturated heterocycles. The molecule has 1 aliphatic heterocycles. The molecule has 32 heavy (non-hydrogen) atoms. The van der Waals surface area contributed by atoms with Crippen LogP contribution in [0.1, 0.15) is 35.5 Å². The first-order valence-electron chi connectivity index (χ1n) is 9.46. The van der Waals surface area contributed by atoms with Crippen LogP contribution in [0, 0.1) is 5.82 Å². The molecule has 0 saturated carbocycles. The number of ketones is 1. The van der Waals surface area contributed by atoms with Gasteiger partial charge in [-0.2, -0.15) is 13.2 Å². The lowest BCUT2D eigenvalue weighted by Gasteiger charge is -2.40. The first kappa shape index (κ1) is 23.4. The molecule has 3 rings (SSSR count). The van der Waals surface area contributed by atoms with E-state index in [0.29, 0.717) is 0 Å². The summed E-state index contributed by atoms with van der Waals surface area (Å²) >= 11 is 0. The molecular formula is C21H20F5N3O3. The van der Waals surface area contributed by atoms with E-state index in [1.807, 2.05) is 0 Å². The molecule has 11 heteroatoms. The van der Waals surface area contributed by atoms with E-state index in [0.717, 1.165) is 6.07 Å². The fourth-order valence-corrected chi connectivity index (χ4v) is 3.26. The van der Waals surface area contributed by atoms with E-state index in [-0.39, 0.29) is 35.0 Å². The quantitative estimate of drug-likeness (QED) is 0.526. The summed E-state index contributed by atoms with van der Waals surface area (Å²) < 4.78 is 76.9. The van der Waals surface area contributed by atoms with Crippen LogP contribution in [0.25, 0.3) is 0 Å². The van der Waals surface area contributed by atoms with E-state index >= 15 is 4.39 Å². The molecule has 0 fully saturated rings. The summed E-state index contributed by atoms with van der Waals surface area (Å²) in [5, 5.41) is 0. The van der Waals surface area contributed by atoms with Crippen LogP contribution in [-0.2, 0) is 16.7 Å². The molecule has 6 nitrogen and oxygen atoms in total. The van der Waals surface area contributed by atoms with Gasteiger partial charge in [-0.3, -0.25) is 4.79 Å². The number of hydrogen-bond donors (Lipinski definition) is 1. The number of alkyl halides is 4. The highest BCUT2D eigenvalue weighted by Gasteiger charge is 2.52. The van der Waals surface area contributed by atoms with Crippen molar-refractivity contribution in [3.63, 3.8) is 0 Å². The molecular weight excluding hydrogens is 437 g/mol. The van der Waals surface area contributed by atoms with Crippen molar-refractivity contribution < 1.29 is 36.2 Å². The number of nitrogens with zero attached hydrogens (tertiary/aromatic N) is 2. The standard InChI is InChI=1S/C21H20F5N3O3/c1-19(23)10-32-18(27)29-20(19,2)13-8-12(5-6-14(13)22)9-15(30)17-16(4-3-7-28-17)31-11-21(24,25)26/h3-8H,9-11H2,1-2H3,(H2,27,29)/t19-,20+/m0/s1. The lowest BCUT2D eigenvalue weighted by molar-refractivity contribution is -0.153. The number of ether oxygens (including phenoxy) is 2. The third-order valence-electron chi connectivity index (χ3n) is 5.19. The summed E-state index contributed by atoms with van der Waals surface area (Å²) in [4.78, 5) is 20.5. The Morgan fingerprint density at radius 2 is 2.00 bits per heavy atom. The fourth-order valence-electron chi connectivity index (χ4n) is 3.26. The van der Waals surface area contributed by atoms with Crippen molar-refractivity contribution in [1.82, 2.24) is 4.98 Å². The zero-order chi connectivity index (χ0) is 23.7. The molecule has 0 spiro atoms. The highest BCUT2D eigenvalue weighted by Crippen LogP contribution is 2.43. The fraction of sp³-hybridized carbons (Fsp3) is 0.381. The third kappa shape index (κ3) is 4.81. The van der Waals surface area contributed by atoms with Gasteiger partial charge in [0, 0.05) is 18.2 Å². The summed E-state index contributed by atoms with van der Waals surface area (Å²) in [6, 6.07) is 5.85. The van der Waals surface area contributed by atoms with E-state index in [2.05, 4.69) is 9.98 Å². The Labute approximate surface area is 180 Å². The van der Waals surface area contributed by atoms with E-state index < -0.39 is 42.2 Å². The average molecular weight is 457 g/mol. The highest BCUT2D eigenvalue weighted by molar-refractivity contribution is 5.98. The Kier molecular flexibility index (Phi) is 6.12. The van der Waals surface area contributed by atoms with E-state index in [9.17, 15) is 22.4 Å². The number of hydrogen-bond acceptors (Lipinski definition) is 6. The van der Waals surface area contributed by atoms with Crippen LogP contribution in [0.15, 0.2) is 41.5 Å². The minimum absolute atomic E-state index is 0.145. The van der Waals surface area contributed by atoms with Crippen molar-refractivity contribution in [3.05, 3.63) is 59.2 Å². The number of amidine groups is 1. The molecule has 0 unspecified atom stereocenters. The van der Waals surface area contributed by atoms with Crippen LogP contribution >= 0.6 is 0 Å². The maximum Gasteiger partial charge on any atom is 0.422 e. The van der Waals surface area contributed by atoms with E-state index in [4.69, 9.17) is 15.2 Å². The lowest BCUT2D eigenvalue weighted by atomic mass is 9.77. The molecule has 0 amide bonds. The third-order valence-corrected chi connectivity index (χ3v) is 5.19. The summed E-state index contributed by atoms with van der Waals surface area (Å²) in [6.45, 7) is 0.510. The van der Waals surface area contributed by atoms with Crippen molar-refractivity contribution in [3.8, 4) is 5.75 Å². The van der Waals surface area contributed by atoms with Crippen LogP contribution in [0.5, 0.6) is 5.75 Å². The molecule has 1 aliphatic rings. The van der Waals surface area contributed by atoms with Gasteiger partial charge in [0.2, 0.25) is 0 Å². The topological polar surface area (TPSA) is 86.8 Å². The number of carbonyl (C=O) groups is 1. The normalized spacial score (nSPS) is 23.3. The highest BCUT2D eigenvalue weighted by atomic mass is 19.4. The van der Waals surface area contributed by atoms with Crippen molar-refractivity contribution in [2.75, 3.05) is 13.2 Å². The molecule has 2 N–H and O–H groups in total. The molecule has 1 aromatic heterocycles. The lowest BCUT2D eigenvalue weighted by Crippen LogP contribution is -2.52. The minimum Gasteiger partial charge on any atom is -0.482 e. The maximum absolute atomic E-state index is 15.2. The van der Waals surface area contributed by atoms with Gasteiger partial charge in [0.25, 0.3) is 6.02 Å². The first-order valence-corrected chi connectivity index (χ1v) is 9.46. The molecule has 2 atom stereocenters. The van der Waals surface area contributed by atoms with Gasteiger partial charge < -0.3 is 15.2 Å². The maximum atomic E-state index is 15.2. The van der Waals surface area contributed by atoms with Gasteiger partial charge in [-0.05, 0) is 43.7 Å². The Morgan fingerprint density at radius 1 is 1.28 bits per heavy atom. The summed E-state index contributed by atoms with van der Waals surface area (Å²) in [6.07, 6.45) is -3.71. The smallest absolute Gasteiger partial charge is 0.422 e. The van der Waals surface area contributed by atoms with Gasteiger partial charge in [-0.15, -0.1) is 0 Å². The van der Waals surface area contributed by atoms with Crippen LogP contribution in [-0.4, -0.2) is 41.8 Å². The molecule has 172 valence electrons. The van der Waals surface area contributed by atoms with Crippen molar-refractivity contribution in [2.45, 2.75) is 37.7 Å². The second kappa shape index (κ2) is 8.36. The first-order chi connectivity index (χ1) is 14.8. The molecule has 0 aliphatic carbocycles. The number of aliphatic imine (C=N–C) groups is 1. The van der Waals surface area contributed by atoms with Crippen LogP contribution in [0.4, 0.5) is 22.0 Å². The van der Waals surface area contributed by atoms with Crippen LogP contribution < -0.4 is 10.5 Å². The predicted molar refractivity (Wildman–Crippen MR) is 105 cm³/mol.